The van der Waals surface area contributed by atoms with Crippen molar-refractivity contribution in [3.8, 4) is 0 Å². The van der Waals surface area contributed by atoms with Gasteiger partial charge in [0.2, 0.25) is 47.3 Å². The summed E-state index contributed by atoms with van der Waals surface area (Å²) in [5, 5.41) is 0. The molecule has 52 nitrogen and oxygen atoms in total. The van der Waals surface area contributed by atoms with Crippen LogP contribution >= 0.6 is 0 Å². The topological polar surface area (TPSA) is 620 Å². The number of hydrogen-bond donors (Lipinski definition) is 0. The van der Waals surface area contributed by atoms with Gasteiger partial charge in [-0.15, -0.1) is 0 Å². The van der Waals surface area contributed by atoms with Gasteiger partial charge in [0.1, 0.15) is 131 Å². The third-order valence-corrected chi connectivity index (χ3v) is 26.3. The number of carbonyl (C=O) groups excluding carboxylic acids is 22. The minimum atomic E-state index is -1.47. The molecule has 0 radical (unpaired) electrons. The molecule has 0 saturated carbocycles. The molecule has 22 amide bonds. The number of urea groups is 6. The van der Waals surface area contributed by atoms with Gasteiger partial charge in [-0.1, -0.05) is 27.7 Å². The van der Waals surface area contributed by atoms with E-state index in [2.05, 4.69) is 0 Å². The van der Waals surface area contributed by atoms with Crippen LogP contribution in [0, 0.1) is 10.8 Å². The van der Waals surface area contributed by atoms with Crippen molar-refractivity contribution in [2.75, 3.05) is 197 Å². The molecular weight excluding hydrogens is 1900 g/mol. The van der Waals surface area contributed by atoms with Crippen molar-refractivity contribution in [1.82, 2.24) is 58.8 Å². The van der Waals surface area contributed by atoms with Crippen LogP contribution in [0.1, 0.15) is 152 Å². The molecule has 790 valence electrons. The molecule has 143 heavy (non-hydrogen) atoms. The van der Waals surface area contributed by atoms with Gasteiger partial charge in [0.25, 0.3) is 11.8 Å². The van der Waals surface area contributed by atoms with Crippen LogP contribution < -0.4 is 0 Å². The number of ether oxygens (including phenoxy) is 18. The Balaban J connectivity index is 0.000000145. The second-order valence-corrected chi connectivity index (χ2v) is 37.9. The Kier molecular flexibility index (Phi) is 36.6. The number of rotatable bonds is 49. The van der Waals surface area contributed by atoms with Crippen molar-refractivity contribution in [2.45, 2.75) is 236 Å². The highest BCUT2D eigenvalue weighted by molar-refractivity contribution is 6.21. The highest BCUT2D eigenvalue weighted by atomic mass is 16.7. The minimum absolute atomic E-state index is 0.0173. The summed E-state index contributed by atoms with van der Waals surface area (Å²) in [6, 6.07) is -3.70. The van der Waals surface area contributed by atoms with E-state index >= 15 is 0 Å². The molecule has 0 aliphatic carbocycles. The quantitative estimate of drug-likeness (QED) is 0.0234. The lowest BCUT2D eigenvalue weighted by molar-refractivity contribution is -0.164. The van der Waals surface area contributed by atoms with Crippen LogP contribution in [-0.4, -0.2) is 472 Å². The first-order valence-corrected chi connectivity index (χ1v) is 48.5. The molecule has 0 bridgehead atoms. The molecule has 0 aromatic heterocycles. The van der Waals surface area contributed by atoms with Crippen LogP contribution in [0.25, 0.3) is 0 Å². The normalized spacial score (nSPS) is 27.3. The van der Waals surface area contributed by atoms with Crippen LogP contribution in [0.4, 0.5) is 28.8 Å². The average molecular weight is 2030 g/mol. The van der Waals surface area contributed by atoms with E-state index in [1.165, 1.54) is 19.6 Å². The van der Waals surface area contributed by atoms with E-state index in [-0.39, 0.29) is 195 Å². The maximum Gasteiger partial charge on any atom is 0.334 e. The van der Waals surface area contributed by atoms with Gasteiger partial charge in [-0.05, 0) is 91.9 Å². The monoisotopic (exact) mass is 2030 g/mol. The molecule has 18 heterocycles. The van der Waals surface area contributed by atoms with Gasteiger partial charge in [0, 0.05) is 45.8 Å². The summed E-state index contributed by atoms with van der Waals surface area (Å²) >= 11 is 0. The van der Waals surface area contributed by atoms with Crippen LogP contribution in [0.5, 0.6) is 0 Å². The van der Waals surface area contributed by atoms with E-state index in [9.17, 15) is 105 Å². The summed E-state index contributed by atoms with van der Waals surface area (Å²) in [4.78, 5) is 283. The lowest BCUT2D eigenvalue weighted by Crippen LogP contribution is -2.65. The Morgan fingerprint density at radius 1 is 0.252 bits per heavy atom. The van der Waals surface area contributed by atoms with Gasteiger partial charge in [-0.2, -0.15) is 0 Å². The van der Waals surface area contributed by atoms with E-state index in [1.807, 2.05) is 13.8 Å². The van der Waals surface area contributed by atoms with Gasteiger partial charge < -0.3 is 95.1 Å². The van der Waals surface area contributed by atoms with E-state index in [0.29, 0.717) is 149 Å². The number of epoxide rings is 12. The summed E-state index contributed by atoms with van der Waals surface area (Å²) in [6.07, 6.45) is 4.65. The van der Waals surface area contributed by atoms with Gasteiger partial charge in [0.05, 0.1) is 148 Å². The fourth-order valence-electron chi connectivity index (χ4n) is 15.9. The molecule has 0 N–H and O–H groups in total. The Labute approximate surface area is 821 Å². The molecule has 18 saturated heterocycles. The smallest absolute Gasteiger partial charge is 0.334 e. The zero-order valence-corrected chi connectivity index (χ0v) is 81.4. The Hall–Kier alpha value is -11.3. The Bertz CT molecular complexity index is 4710. The number of imide groups is 10. The van der Waals surface area contributed by atoms with Crippen LogP contribution in [0.2, 0.25) is 0 Å². The molecule has 0 aromatic carbocycles. The first-order chi connectivity index (χ1) is 68.2. The van der Waals surface area contributed by atoms with Crippen molar-refractivity contribution in [3.05, 3.63) is 0 Å². The second-order valence-electron chi connectivity index (χ2n) is 37.9. The van der Waals surface area contributed by atoms with Gasteiger partial charge >= 0.3 is 72.0 Å². The van der Waals surface area contributed by atoms with Crippen molar-refractivity contribution in [3.63, 3.8) is 0 Å². The predicted octanol–water partition coefficient (Wildman–Crippen LogP) is -0.884. The number of amides is 22. The molecule has 0 spiro atoms. The third-order valence-electron chi connectivity index (χ3n) is 26.3. The lowest BCUT2D eigenvalue weighted by atomic mass is 9.78. The van der Waals surface area contributed by atoms with E-state index in [0.717, 1.165) is 55.5 Å². The summed E-state index contributed by atoms with van der Waals surface area (Å²) in [5.41, 5.74) is -4.49. The zero-order chi connectivity index (χ0) is 103. The molecule has 12 unspecified atom stereocenters. The van der Waals surface area contributed by atoms with E-state index in [1.54, 1.807) is 46.4 Å². The third kappa shape index (κ3) is 30.2. The number of nitrogens with zero attached hydrogens (tertiary/aromatic N) is 12. The predicted molar refractivity (Wildman–Crippen MR) is 471 cm³/mol. The second kappa shape index (κ2) is 48.1. The molecule has 18 aliphatic heterocycles. The summed E-state index contributed by atoms with van der Waals surface area (Å²) in [6.45, 7) is 21.9. The maximum absolute atomic E-state index is 13.0. The molecule has 18 fully saturated rings. The van der Waals surface area contributed by atoms with E-state index < -0.39 is 155 Å². The first-order valence-electron chi connectivity index (χ1n) is 48.5. The fourth-order valence-corrected chi connectivity index (χ4v) is 15.9. The molecule has 18 rings (SSSR count). The zero-order valence-electron chi connectivity index (χ0n) is 81.4. The van der Waals surface area contributed by atoms with Gasteiger partial charge in [0.15, 0.2) is 0 Å². The Morgan fingerprint density at radius 2 is 0.497 bits per heavy atom. The minimum Gasteiger partial charge on any atom is -0.463 e. The molecular formula is C91H126N12O40. The average Bonchev–Trinajstić information content (AvgIpc) is 1.75. The van der Waals surface area contributed by atoms with Crippen LogP contribution in [-0.2, 0) is 162 Å². The number of carbonyl (C=O) groups is 22. The SMILES string of the molecule is CC1(C)C(=O)N(CC(=O)OCC2CO2)C(=O)N1CCC(=O)OCC1CO1.CC1(C)C(=O)N(CC2CO2)C(=O)N1CC1CO1.CCC1(CC)C(=O)N(CCC(=O)OCC2CO2)C(=O)N(CC(=O)OCC2CO2)C1=O.CCC1(CC)C(=O)N(CCCC2CO2)C(=O)N(CCCC2CO2)C1=O.O=C(CCN1C(=O)CC(=O)N(CC(=O)OCC2CO2)C1=O)OCC1CO1.O=C1CC(=O)N(CCC2CO2)C(=O)N1CCC1CO1. The van der Waals surface area contributed by atoms with Crippen LogP contribution in [0.3, 0.4) is 0 Å². The summed E-state index contributed by atoms with van der Waals surface area (Å²) < 4.78 is 90.1. The standard InChI is InChI=1S/C19H26N2O9.C18H28N2O5.C16H22N2O8.C15H18N2O9.C12H16N2O5.C11H16N2O4/c1-3-19(4-2)16(24)20(6-5-14(22)29-10-12-8-27-12)18(26)21(17(19)25)7-15(23)30-11-13-9-28-13;1-3-18(4-2)15(21)19(9-5-7-13-11-24-13)17(23)20(16(18)22)10-6-8-14-12-25-14;1-16(2)14(21)17(5-13(20)26-9-11-7-24-11)15(22)18(16)4-3-12(19)25-8-10-6-23-10;18-11-3-12(19)17(4-14(21)26-8-10-6-24-10)15(22)16(11)2-1-13(20)25-7-9-5-23-9;15-10-5-11(16)14(4-2-9-7-19-9)12(17)13(10)3-1-8-6-18-8;1-11(2)9(14)12(3-7-5-16-7)10(15)13(11)4-8-6-17-8/h12-13H,3-11H2,1-2H3;13-14H,3-12H2,1-2H3;10-11H,3-9H2,1-2H3;9-10H,1-8H2;8-9H,1-7H2;7-8H,3-6H2,1-2H3. The lowest BCUT2D eigenvalue weighted by Gasteiger charge is -2.43. The van der Waals surface area contributed by atoms with Crippen molar-refractivity contribution in [2.24, 2.45) is 10.8 Å². The number of esters is 6. The van der Waals surface area contributed by atoms with Gasteiger partial charge in [-0.25, -0.2) is 28.8 Å². The Morgan fingerprint density at radius 3 is 0.846 bits per heavy atom. The largest absolute Gasteiger partial charge is 0.463 e. The molecule has 52 heteroatoms. The van der Waals surface area contributed by atoms with Crippen molar-refractivity contribution < 1.29 is 191 Å². The summed E-state index contributed by atoms with van der Waals surface area (Å²) in [7, 11) is 0. The van der Waals surface area contributed by atoms with Gasteiger partial charge in [-0.3, -0.25) is 126 Å². The maximum atomic E-state index is 13.0. The number of hydrogen-bond acceptors (Lipinski definition) is 40. The van der Waals surface area contributed by atoms with Crippen molar-refractivity contribution >= 4 is 131 Å². The van der Waals surface area contributed by atoms with E-state index in [4.69, 9.17) is 85.3 Å². The summed E-state index contributed by atoms with van der Waals surface area (Å²) in [5.74, 6) is -8.91. The molecule has 18 aliphatic rings. The molecule has 0 aromatic rings. The highest BCUT2D eigenvalue weighted by Gasteiger charge is 2.60. The van der Waals surface area contributed by atoms with Crippen LogP contribution in [0.15, 0.2) is 0 Å². The fraction of sp³-hybridized carbons (Fsp3) is 0.758. The van der Waals surface area contributed by atoms with Crippen molar-refractivity contribution in [1.29, 1.82) is 0 Å². The first kappa shape index (κ1) is 109. The molecule has 12 atom stereocenters. The number of barbiturate groups is 4. The highest BCUT2D eigenvalue weighted by Crippen LogP contribution is 2.40.